The van der Waals surface area contributed by atoms with Gasteiger partial charge in [0, 0.05) is 11.6 Å². The van der Waals surface area contributed by atoms with Crippen molar-refractivity contribution in [2.75, 3.05) is 16.0 Å². The number of amidine groups is 1. The molecule has 0 bridgehead atoms. The number of anilines is 2. The predicted octanol–water partition coefficient (Wildman–Crippen LogP) is 4.62. The average Bonchev–Trinajstić information content (AvgIpc) is 3.33. The van der Waals surface area contributed by atoms with Gasteiger partial charge in [-0.2, -0.15) is 5.10 Å². The molecular formula is C24H28FN5O2S. The van der Waals surface area contributed by atoms with Crippen LogP contribution in [-0.2, 0) is 10.0 Å². The number of hydrogen-bond donors (Lipinski definition) is 2. The summed E-state index contributed by atoms with van der Waals surface area (Å²) < 4.78 is 42.1. The van der Waals surface area contributed by atoms with E-state index in [-0.39, 0.29) is 11.6 Å². The van der Waals surface area contributed by atoms with Crippen molar-refractivity contribution >= 4 is 38.1 Å². The molecule has 0 saturated heterocycles. The van der Waals surface area contributed by atoms with E-state index in [4.69, 9.17) is 0 Å². The number of hydrogen-bond acceptors (Lipinski definition) is 6. The second-order valence-electron chi connectivity index (χ2n) is 9.43. The summed E-state index contributed by atoms with van der Waals surface area (Å²) in [6.07, 6.45) is 1.57. The van der Waals surface area contributed by atoms with Gasteiger partial charge in [-0.1, -0.05) is 12.1 Å². The van der Waals surface area contributed by atoms with Gasteiger partial charge in [-0.3, -0.25) is 10.3 Å². The zero-order chi connectivity index (χ0) is 23.9. The van der Waals surface area contributed by atoms with Crippen LogP contribution in [0, 0.1) is 12.7 Å². The lowest BCUT2D eigenvalue weighted by Crippen LogP contribution is -2.70. The van der Waals surface area contributed by atoms with Gasteiger partial charge in [-0.05, 0) is 76.4 Å². The fourth-order valence-corrected chi connectivity index (χ4v) is 6.01. The number of rotatable bonds is 3. The molecule has 3 aromatic rings. The fraction of sp³-hybridized carbons (Fsp3) is 0.375. The normalized spacial score (nSPS) is 21.3. The first-order valence-corrected chi connectivity index (χ1v) is 12.6. The van der Waals surface area contributed by atoms with Crippen LogP contribution in [0.2, 0.25) is 0 Å². The molecule has 0 saturated carbocycles. The zero-order valence-corrected chi connectivity index (χ0v) is 20.4. The van der Waals surface area contributed by atoms with Crippen molar-refractivity contribution < 1.29 is 12.8 Å². The summed E-state index contributed by atoms with van der Waals surface area (Å²) in [6, 6.07) is 8.81. The van der Waals surface area contributed by atoms with E-state index in [9.17, 15) is 8.42 Å². The molecule has 2 aromatic carbocycles. The van der Waals surface area contributed by atoms with Gasteiger partial charge in [-0.15, -0.1) is 0 Å². The van der Waals surface area contributed by atoms with Gasteiger partial charge in [0.25, 0.3) is 0 Å². The minimum Gasteiger partial charge on any atom is -0.372 e. The van der Waals surface area contributed by atoms with Gasteiger partial charge in [0.1, 0.15) is 11.7 Å². The highest BCUT2D eigenvalue weighted by Crippen LogP contribution is 2.50. The first kappa shape index (κ1) is 21.8. The standard InChI is InChI=1S/C24H28FN5O2S/c1-7-33(31,32)29-12-11-17-16(9-8-10-20(17)29)18-13-19(25)21-22(14(18)2)30-15(3)27-28-24(30,6)23(4,5)26-21/h8-13,26,28H,7H2,1-6H3. The topological polar surface area (TPSA) is 78.7 Å². The lowest BCUT2D eigenvalue weighted by Gasteiger charge is -2.53. The highest BCUT2D eigenvalue weighted by atomic mass is 32.2. The first-order chi connectivity index (χ1) is 15.4. The van der Waals surface area contributed by atoms with Gasteiger partial charge in [0.2, 0.25) is 10.0 Å². The van der Waals surface area contributed by atoms with Crippen molar-refractivity contribution in [2.24, 2.45) is 5.10 Å². The van der Waals surface area contributed by atoms with Crippen molar-refractivity contribution in [1.29, 1.82) is 0 Å². The predicted molar refractivity (Wildman–Crippen MR) is 132 cm³/mol. The Hall–Kier alpha value is -3.07. The van der Waals surface area contributed by atoms with E-state index in [0.717, 1.165) is 28.0 Å². The van der Waals surface area contributed by atoms with Gasteiger partial charge < -0.3 is 5.32 Å². The monoisotopic (exact) mass is 469 g/mol. The van der Waals surface area contributed by atoms with Gasteiger partial charge in [-0.25, -0.2) is 16.8 Å². The van der Waals surface area contributed by atoms with Crippen molar-refractivity contribution in [3.63, 3.8) is 0 Å². The Bertz CT molecular complexity index is 1460. The molecule has 3 heterocycles. The number of hydrazone groups is 1. The summed E-state index contributed by atoms with van der Waals surface area (Å²) in [5.74, 6) is 0.387. The average molecular weight is 470 g/mol. The molecule has 0 aliphatic carbocycles. The maximum Gasteiger partial charge on any atom is 0.238 e. The van der Waals surface area contributed by atoms with Crippen molar-refractivity contribution in [3.8, 4) is 11.1 Å². The number of aromatic nitrogens is 1. The van der Waals surface area contributed by atoms with Crippen LogP contribution >= 0.6 is 0 Å². The fourth-order valence-electron chi connectivity index (χ4n) is 5.03. The maximum atomic E-state index is 15.6. The van der Waals surface area contributed by atoms with Crippen LogP contribution in [0.25, 0.3) is 22.0 Å². The molecule has 7 nitrogen and oxygen atoms in total. The largest absolute Gasteiger partial charge is 0.372 e. The molecule has 0 radical (unpaired) electrons. The van der Waals surface area contributed by atoms with Crippen LogP contribution in [0.4, 0.5) is 15.8 Å². The lowest BCUT2D eigenvalue weighted by molar-refractivity contribution is 0.261. The van der Waals surface area contributed by atoms with Gasteiger partial charge in [0.15, 0.2) is 5.66 Å². The Morgan fingerprint density at radius 2 is 1.85 bits per heavy atom. The molecule has 174 valence electrons. The van der Waals surface area contributed by atoms with Crippen LogP contribution in [0.1, 0.15) is 40.2 Å². The van der Waals surface area contributed by atoms with Crippen molar-refractivity contribution in [1.82, 2.24) is 9.40 Å². The number of benzene rings is 2. The summed E-state index contributed by atoms with van der Waals surface area (Å²) >= 11 is 0. The van der Waals surface area contributed by atoms with Crippen molar-refractivity contribution in [2.45, 2.75) is 52.7 Å². The quantitative estimate of drug-likeness (QED) is 0.585. The molecule has 1 unspecified atom stereocenters. The Kier molecular flexibility index (Phi) is 4.43. The van der Waals surface area contributed by atoms with E-state index in [1.165, 1.54) is 10.0 Å². The molecule has 5 rings (SSSR count). The van der Waals surface area contributed by atoms with Crippen LogP contribution in [0.3, 0.4) is 0 Å². The summed E-state index contributed by atoms with van der Waals surface area (Å²) in [7, 11) is -3.45. The summed E-state index contributed by atoms with van der Waals surface area (Å²) in [5.41, 5.74) is 6.27. The molecule has 0 spiro atoms. The van der Waals surface area contributed by atoms with Crippen LogP contribution < -0.4 is 15.6 Å². The minimum absolute atomic E-state index is 0.00584. The summed E-state index contributed by atoms with van der Waals surface area (Å²) in [6.45, 7) is 11.6. The number of fused-ring (bicyclic) bond motifs is 4. The van der Waals surface area contributed by atoms with E-state index < -0.39 is 21.2 Å². The maximum absolute atomic E-state index is 15.6. The molecule has 0 amide bonds. The third-order valence-corrected chi connectivity index (χ3v) is 8.89. The molecule has 1 aromatic heterocycles. The summed E-state index contributed by atoms with van der Waals surface area (Å²) in [4.78, 5) is 2.06. The minimum atomic E-state index is -3.45. The van der Waals surface area contributed by atoms with Crippen LogP contribution in [-0.4, -0.2) is 35.2 Å². The highest BCUT2D eigenvalue weighted by Gasteiger charge is 2.55. The Labute approximate surface area is 193 Å². The van der Waals surface area contributed by atoms with Crippen LogP contribution in [0.15, 0.2) is 41.6 Å². The van der Waals surface area contributed by atoms with E-state index in [0.29, 0.717) is 16.8 Å². The molecule has 2 N–H and O–H groups in total. The number of halogens is 1. The van der Waals surface area contributed by atoms with Crippen molar-refractivity contribution in [3.05, 3.63) is 47.9 Å². The third-order valence-electron chi connectivity index (χ3n) is 7.24. The van der Waals surface area contributed by atoms with E-state index in [2.05, 4.69) is 20.7 Å². The van der Waals surface area contributed by atoms with E-state index in [1.54, 1.807) is 25.3 Å². The molecule has 2 aliphatic heterocycles. The Balaban J connectivity index is 1.79. The molecule has 2 aliphatic rings. The van der Waals surface area contributed by atoms with Crippen LogP contribution in [0.5, 0.6) is 0 Å². The second-order valence-corrected chi connectivity index (χ2v) is 11.6. The Morgan fingerprint density at radius 1 is 1.12 bits per heavy atom. The second kappa shape index (κ2) is 6.72. The van der Waals surface area contributed by atoms with Gasteiger partial charge >= 0.3 is 0 Å². The number of nitrogens with zero attached hydrogens (tertiary/aromatic N) is 3. The molecule has 9 heteroatoms. The Morgan fingerprint density at radius 3 is 2.55 bits per heavy atom. The lowest BCUT2D eigenvalue weighted by atomic mass is 9.82. The molecule has 0 fully saturated rings. The first-order valence-electron chi connectivity index (χ1n) is 11.0. The third kappa shape index (κ3) is 2.78. The van der Waals surface area contributed by atoms with E-state index >= 15 is 4.39 Å². The smallest absolute Gasteiger partial charge is 0.238 e. The SMILES string of the molecule is CCS(=O)(=O)n1ccc2c(-c3cc(F)c4c(c3C)N3C(C)=NNC3(C)C(C)(C)N4)cccc21. The van der Waals surface area contributed by atoms with Gasteiger partial charge in [0.05, 0.1) is 28.2 Å². The highest BCUT2D eigenvalue weighted by molar-refractivity contribution is 7.90. The molecule has 33 heavy (non-hydrogen) atoms. The number of nitrogens with one attached hydrogen (secondary N) is 2. The molecular weight excluding hydrogens is 441 g/mol. The molecule has 1 atom stereocenters. The summed E-state index contributed by atoms with van der Waals surface area (Å²) in [5, 5.41) is 8.62. The van der Waals surface area contributed by atoms with E-state index in [1.807, 2.05) is 46.8 Å². The zero-order valence-electron chi connectivity index (χ0n) is 19.6.